The van der Waals surface area contributed by atoms with Crippen LogP contribution in [-0.4, -0.2) is 27.6 Å². The number of carbonyl (C=O) groups is 1. The van der Waals surface area contributed by atoms with Crippen LogP contribution in [0.4, 0.5) is 13.2 Å². The molecule has 3 rings (SSSR count). The summed E-state index contributed by atoms with van der Waals surface area (Å²) in [7, 11) is -2.93. The summed E-state index contributed by atoms with van der Waals surface area (Å²) >= 11 is 0. The number of methoxy groups -OCH3 is 1. The number of hydrogen-bond acceptors (Lipinski definition) is 6. The fraction of sp³-hybridized carbons (Fsp3) is 0.130. The zero-order chi connectivity index (χ0) is 24.8. The molecule has 178 valence electrons. The Kier molecular flexibility index (Phi) is 7.57. The third-order valence-corrected chi connectivity index (χ3v) is 5.77. The molecule has 0 heterocycles. The summed E-state index contributed by atoms with van der Waals surface area (Å²) in [5.74, 6) is -0.00417. The lowest BCUT2D eigenvalue weighted by Gasteiger charge is -2.11. The van der Waals surface area contributed by atoms with Crippen LogP contribution in [0.15, 0.2) is 82.8 Å². The molecule has 0 saturated carbocycles. The number of amides is 1. The molecule has 0 fully saturated rings. The molecule has 0 radical (unpaired) electrons. The average Bonchev–Trinajstić information content (AvgIpc) is 2.80. The number of hydrazone groups is 1. The van der Waals surface area contributed by atoms with Crippen molar-refractivity contribution >= 4 is 22.2 Å². The molecule has 0 aliphatic rings. The quantitative estimate of drug-likeness (QED) is 0.289. The van der Waals surface area contributed by atoms with Gasteiger partial charge in [-0.25, -0.2) is 5.43 Å². The SMILES string of the molecule is COc1ccccc1CC(=O)NN=Cc1ccccc1OS(=O)(=O)c1ccc(C(F)(F)F)cc1. The molecule has 0 saturated heterocycles. The highest BCUT2D eigenvalue weighted by Gasteiger charge is 2.31. The minimum atomic E-state index is -4.59. The molecule has 1 amide bonds. The normalized spacial score (nSPS) is 11.9. The topological polar surface area (TPSA) is 94.1 Å². The summed E-state index contributed by atoms with van der Waals surface area (Å²) in [5, 5.41) is 3.83. The average molecular weight is 492 g/mol. The van der Waals surface area contributed by atoms with Gasteiger partial charge in [-0.05, 0) is 42.5 Å². The van der Waals surface area contributed by atoms with Gasteiger partial charge in [-0.3, -0.25) is 4.79 Å². The lowest BCUT2D eigenvalue weighted by Crippen LogP contribution is -2.20. The summed E-state index contributed by atoms with van der Waals surface area (Å²) in [6, 6.07) is 15.9. The Morgan fingerprint density at radius 2 is 1.59 bits per heavy atom. The minimum absolute atomic E-state index is 0.00179. The van der Waals surface area contributed by atoms with E-state index in [-0.39, 0.29) is 17.7 Å². The van der Waals surface area contributed by atoms with Crippen LogP contribution in [0.2, 0.25) is 0 Å². The van der Waals surface area contributed by atoms with Gasteiger partial charge >= 0.3 is 16.3 Å². The Morgan fingerprint density at radius 1 is 0.971 bits per heavy atom. The number of nitrogens with one attached hydrogen (secondary N) is 1. The van der Waals surface area contributed by atoms with E-state index in [1.54, 1.807) is 30.3 Å². The van der Waals surface area contributed by atoms with Gasteiger partial charge in [0.05, 0.1) is 25.3 Å². The largest absolute Gasteiger partial charge is 0.496 e. The first-order valence-electron chi connectivity index (χ1n) is 9.75. The van der Waals surface area contributed by atoms with Gasteiger partial charge in [0.15, 0.2) is 5.75 Å². The van der Waals surface area contributed by atoms with E-state index in [9.17, 15) is 26.4 Å². The van der Waals surface area contributed by atoms with E-state index < -0.39 is 32.7 Å². The van der Waals surface area contributed by atoms with E-state index >= 15 is 0 Å². The van der Waals surface area contributed by atoms with Crippen molar-refractivity contribution in [3.05, 3.63) is 89.5 Å². The van der Waals surface area contributed by atoms with Crippen molar-refractivity contribution in [3.8, 4) is 11.5 Å². The summed E-state index contributed by atoms with van der Waals surface area (Å²) in [5.41, 5.74) is 2.23. The second kappa shape index (κ2) is 10.4. The smallest absolute Gasteiger partial charge is 0.416 e. The Balaban J connectivity index is 1.70. The van der Waals surface area contributed by atoms with Gasteiger partial charge in [0.1, 0.15) is 10.6 Å². The maximum absolute atomic E-state index is 12.7. The van der Waals surface area contributed by atoms with Crippen LogP contribution in [0.1, 0.15) is 16.7 Å². The van der Waals surface area contributed by atoms with Gasteiger partial charge < -0.3 is 8.92 Å². The Bertz CT molecular complexity index is 1290. The zero-order valence-electron chi connectivity index (χ0n) is 17.7. The highest BCUT2D eigenvalue weighted by molar-refractivity contribution is 7.87. The standard InChI is InChI=1S/C23H19F3N2O5S/c1-32-20-8-4-2-6-16(20)14-22(29)28-27-15-17-7-3-5-9-21(17)33-34(30,31)19-12-10-18(11-13-19)23(24,25)26/h2-13,15H,14H2,1H3,(H,28,29). The molecule has 0 bridgehead atoms. The molecule has 0 aromatic heterocycles. The third kappa shape index (κ3) is 6.35. The Labute approximate surface area is 194 Å². The Hall–Kier alpha value is -3.86. The summed E-state index contributed by atoms with van der Waals surface area (Å²) in [6.07, 6.45) is -3.40. The predicted molar refractivity (Wildman–Crippen MR) is 118 cm³/mol. The molecule has 11 heteroatoms. The van der Waals surface area contributed by atoms with Crippen LogP contribution < -0.4 is 14.3 Å². The first-order valence-corrected chi connectivity index (χ1v) is 11.2. The van der Waals surface area contributed by atoms with Gasteiger partial charge in [0, 0.05) is 11.1 Å². The van der Waals surface area contributed by atoms with Crippen molar-refractivity contribution in [2.45, 2.75) is 17.5 Å². The van der Waals surface area contributed by atoms with Crippen LogP contribution in [-0.2, 0) is 27.5 Å². The maximum atomic E-state index is 12.7. The molecule has 7 nitrogen and oxygen atoms in total. The summed E-state index contributed by atoms with van der Waals surface area (Å²) < 4.78 is 73.5. The first kappa shape index (κ1) is 24.8. The molecule has 0 atom stereocenters. The fourth-order valence-corrected chi connectivity index (χ4v) is 3.83. The molecular weight excluding hydrogens is 473 g/mol. The number of rotatable bonds is 8. The van der Waals surface area contributed by atoms with Crippen molar-refractivity contribution in [2.24, 2.45) is 5.10 Å². The van der Waals surface area contributed by atoms with Crippen molar-refractivity contribution in [1.29, 1.82) is 0 Å². The number of carbonyl (C=O) groups excluding carboxylic acids is 1. The summed E-state index contributed by atoms with van der Waals surface area (Å²) in [6.45, 7) is 0. The van der Waals surface area contributed by atoms with E-state index in [1.807, 2.05) is 0 Å². The zero-order valence-corrected chi connectivity index (χ0v) is 18.6. The molecule has 0 unspecified atom stereocenters. The molecule has 3 aromatic rings. The number of ether oxygens (including phenoxy) is 1. The highest BCUT2D eigenvalue weighted by atomic mass is 32.2. The lowest BCUT2D eigenvalue weighted by atomic mass is 10.1. The third-order valence-electron chi connectivity index (χ3n) is 4.53. The number of para-hydroxylation sites is 2. The summed E-state index contributed by atoms with van der Waals surface area (Å²) in [4.78, 5) is 11.7. The van der Waals surface area contributed by atoms with Gasteiger partial charge in [-0.2, -0.15) is 26.7 Å². The second-order valence-corrected chi connectivity index (χ2v) is 8.43. The van der Waals surface area contributed by atoms with Crippen LogP contribution in [0, 0.1) is 0 Å². The fourth-order valence-electron chi connectivity index (χ4n) is 2.88. The number of nitrogens with zero attached hydrogens (tertiary/aromatic N) is 1. The van der Waals surface area contributed by atoms with E-state index in [4.69, 9.17) is 8.92 Å². The van der Waals surface area contributed by atoms with E-state index in [0.717, 1.165) is 12.1 Å². The van der Waals surface area contributed by atoms with Gasteiger partial charge in [-0.1, -0.05) is 30.3 Å². The molecule has 34 heavy (non-hydrogen) atoms. The van der Waals surface area contributed by atoms with Gasteiger partial charge in [0.25, 0.3) is 0 Å². The van der Waals surface area contributed by atoms with Gasteiger partial charge in [-0.15, -0.1) is 0 Å². The van der Waals surface area contributed by atoms with Crippen molar-refractivity contribution < 1.29 is 35.3 Å². The monoisotopic (exact) mass is 492 g/mol. The number of halogens is 3. The molecular formula is C23H19F3N2O5S. The molecule has 0 aliphatic heterocycles. The van der Waals surface area contributed by atoms with Crippen molar-refractivity contribution in [2.75, 3.05) is 7.11 Å². The molecule has 3 aromatic carbocycles. The van der Waals surface area contributed by atoms with Crippen molar-refractivity contribution in [3.63, 3.8) is 0 Å². The Morgan fingerprint density at radius 3 is 2.24 bits per heavy atom. The van der Waals surface area contributed by atoms with Crippen molar-refractivity contribution in [1.82, 2.24) is 5.43 Å². The number of alkyl halides is 3. The van der Waals surface area contributed by atoms with E-state index in [0.29, 0.717) is 23.4 Å². The van der Waals surface area contributed by atoms with E-state index in [1.165, 1.54) is 31.5 Å². The number of hydrogen-bond donors (Lipinski definition) is 1. The maximum Gasteiger partial charge on any atom is 0.416 e. The van der Waals surface area contributed by atoms with Gasteiger partial charge in [0.2, 0.25) is 5.91 Å². The van der Waals surface area contributed by atoms with Crippen LogP contribution >= 0.6 is 0 Å². The van der Waals surface area contributed by atoms with Crippen LogP contribution in [0.3, 0.4) is 0 Å². The van der Waals surface area contributed by atoms with Crippen LogP contribution in [0.25, 0.3) is 0 Å². The predicted octanol–water partition coefficient (Wildman–Crippen LogP) is 4.17. The second-order valence-electron chi connectivity index (χ2n) is 6.88. The minimum Gasteiger partial charge on any atom is -0.496 e. The highest BCUT2D eigenvalue weighted by Crippen LogP contribution is 2.30. The molecule has 0 aliphatic carbocycles. The first-order chi connectivity index (χ1) is 16.1. The van der Waals surface area contributed by atoms with E-state index in [2.05, 4.69) is 10.5 Å². The molecule has 0 spiro atoms. The van der Waals surface area contributed by atoms with Crippen LogP contribution in [0.5, 0.6) is 11.5 Å². The molecule has 1 N–H and O–H groups in total. The lowest BCUT2D eigenvalue weighted by molar-refractivity contribution is -0.137. The number of benzene rings is 3.